The quantitative estimate of drug-likeness (QED) is 0.550. The third-order valence-electron chi connectivity index (χ3n) is 3.61. The van der Waals surface area contributed by atoms with Gasteiger partial charge in [0.15, 0.2) is 6.61 Å². The highest BCUT2D eigenvalue weighted by atomic mass is 35.5. The number of aliphatic carboxylic acids is 1. The molecule has 0 saturated carbocycles. The molecule has 2 amide bonds. The minimum atomic E-state index is -1.03. The second-order valence-corrected chi connectivity index (χ2v) is 5.66. The molecule has 2 rings (SSSR count). The summed E-state index contributed by atoms with van der Waals surface area (Å²) in [7, 11) is 0. The fourth-order valence-corrected chi connectivity index (χ4v) is 2.53. The third kappa shape index (κ3) is 4.73. The summed E-state index contributed by atoms with van der Waals surface area (Å²) < 4.78 is 5.24. The first kappa shape index (κ1) is 17.8. The van der Waals surface area contributed by atoms with Crippen molar-refractivity contribution >= 4 is 29.4 Å². The first-order chi connectivity index (χ1) is 11.5. The Bertz CT molecular complexity index is 662. The van der Waals surface area contributed by atoms with Crippen LogP contribution in [0.4, 0.5) is 0 Å². The van der Waals surface area contributed by atoms with Crippen LogP contribution in [-0.4, -0.2) is 29.5 Å². The molecule has 7 nitrogen and oxygen atoms in total. The van der Waals surface area contributed by atoms with Crippen LogP contribution >= 0.6 is 11.6 Å². The zero-order valence-corrected chi connectivity index (χ0v) is 13.5. The average Bonchev–Trinajstić information content (AvgIpc) is 2.59. The standard InChI is InChI=1S/C16H17ClN2O5/c17-12-7-3-4-8-13(12)24-9-14(20)18-19-15(21)10-5-1-2-6-11(10)16(22)23/h1-4,7-8,10-11H,5-6,9H2,(H,18,20)(H,19,21)(H,22,23). The maximum Gasteiger partial charge on any atom is 0.307 e. The third-order valence-corrected chi connectivity index (χ3v) is 3.92. The van der Waals surface area contributed by atoms with Crippen molar-refractivity contribution in [3.05, 3.63) is 41.4 Å². The van der Waals surface area contributed by atoms with Crippen molar-refractivity contribution in [2.24, 2.45) is 11.8 Å². The summed E-state index contributed by atoms with van der Waals surface area (Å²) in [6.45, 7) is -0.336. The van der Waals surface area contributed by atoms with Crippen molar-refractivity contribution in [2.45, 2.75) is 12.8 Å². The molecule has 24 heavy (non-hydrogen) atoms. The van der Waals surface area contributed by atoms with Crippen LogP contribution in [0.1, 0.15) is 12.8 Å². The Morgan fingerprint density at radius 2 is 1.79 bits per heavy atom. The predicted molar refractivity (Wildman–Crippen MR) is 86.2 cm³/mol. The number of amides is 2. The van der Waals surface area contributed by atoms with Gasteiger partial charge in [-0.05, 0) is 25.0 Å². The Morgan fingerprint density at radius 3 is 2.46 bits per heavy atom. The first-order valence-corrected chi connectivity index (χ1v) is 7.70. The molecule has 0 radical (unpaired) electrons. The van der Waals surface area contributed by atoms with Gasteiger partial charge in [-0.25, -0.2) is 0 Å². The van der Waals surface area contributed by atoms with Crippen LogP contribution in [0.5, 0.6) is 5.75 Å². The van der Waals surface area contributed by atoms with Gasteiger partial charge in [0.2, 0.25) is 5.91 Å². The molecule has 128 valence electrons. The van der Waals surface area contributed by atoms with E-state index in [4.69, 9.17) is 21.4 Å². The van der Waals surface area contributed by atoms with Crippen LogP contribution in [0, 0.1) is 11.8 Å². The molecule has 0 bridgehead atoms. The maximum atomic E-state index is 12.1. The summed E-state index contributed by atoms with van der Waals surface area (Å²) in [6.07, 6.45) is 4.09. The van der Waals surface area contributed by atoms with Crippen molar-refractivity contribution in [2.75, 3.05) is 6.61 Å². The monoisotopic (exact) mass is 352 g/mol. The summed E-state index contributed by atoms with van der Waals surface area (Å²) in [5, 5.41) is 9.51. The number of nitrogens with one attached hydrogen (secondary N) is 2. The van der Waals surface area contributed by atoms with Gasteiger partial charge in [0, 0.05) is 0 Å². The lowest BCUT2D eigenvalue weighted by Gasteiger charge is -2.24. The smallest absolute Gasteiger partial charge is 0.307 e. The molecule has 0 aliphatic heterocycles. The Kier molecular flexibility index (Phi) is 6.20. The van der Waals surface area contributed by atoms with Crippen LogP contribution in [0.15, 0.2) is 36.4 Å². The molecule has 1 aromatic rings. The number of ether oxygens (including phenoxy) is 1. The zero-order chi connectivity index (χ0) is 17.5. The molecule has 2 atom stereocenters. The van der Waals surface area contributed by atoms with Crippen molar-refractivity contribution in [3.63, 3.8) is 0 Å². The van der Waals surface area contributed by atoms with Crippen LogP contribution in [0.3, 0.4) is 0 Å². The molecule has 1 aromatic carbocycles. The summed E-state index contributed by atoms with van der Waals surface area (Å²) in [4.78, 5) is 34.9. The van der Waals surface area contributed by atoms with Gasteiger partial charge in [-0.2, -0.15) is 0 Å². The van der Waals surface area contributed by atoms with E-state index < -0.39 is 29.6 Å². The summed E-state index contributed by atoms with van der Waals surface area (Å²) in [5.74, 6) is -3.33. The first-order valence-electron chi connectivity index (χ1n) is 7.33. The number of hydrazine groups is 1. The Morgan fingerprint density at radius 1 is 1.12 bits per heavy atom. The van der Waals surface area contributed by atoms with Gasteiger partial charge < -0.3 is 9.84 Å². The van der Waals surface area contributed by atoms with Crippen molar-refractivity contribution in [3.8, 4) is 5.75 Å². The van der Waals surface area contributed by atoms with Gasteiger partial charge in [-0.1, -0.05) is 35.9 Å². The molecule has 0 spiro atoms. The van der Waals surface area contributed by atoms with E-state index in [0.29, 0.717) is 17.2 Å². The van der Waals surface area contributed by atoms with Gasteiger partial charge in [0.25, 0.3) is 5.91 Å². The fourth-order valence-electron chi connectivity index (χ4n) is 2.34. The van der Waals surface area contributed by atoms with Crippen molar-refractivity contribution in [1.29, 1.82) is 0 Å². The van der Waals surface area contributed by atoms with Crippen LogP contribution in [0.2, 0.25) is 5.02 Å². The average molecular weight is 353 g/mol. The topological polar surface area (TPSA) is 105 Å². The molecule has 0 fully saturated rings. The second-order valence-electron chi connectivity index (χ2n) is 5.25. The molecule has 1 aliphatic carbocycles. The van der Waals surface area contributed by atoms with E-state index in [1.807, 2.05) is 0 Å². The van der Waals surface area contributed by atoms with E-state index in [-0.39, 0.29) is 13.0 Å². The van der Waals surface area contributed by atoms with E-state index in [1.54, 1.807) is 36.4 Å². The number of hydrogen-bond donors (Lipinski definition) is 3. The van der Waals surface area contributed by atoms with Crippen molar-refractivity contribution in [1.82, 2.24) is 10.9 Å². The van der Waals surface area contributed by atoms with Gasteiger partial charge in [0.1, 0.15) is 5.75 Å². The predicted octanol–water partition coefficient (Wildman–Crippen LogP) is 1.53. The highest BCUT2D eigenvalue weighted by Crippen LogP contribution is 2.26. The number of carbonyl (C=O) groups excluding carboxylic acids is 2. The Hall–Kier alpha value is -2.54. The summed E-state index contributed by atoms with van der Waals surface area (Å²) in [6, 6.07) is 6.68. The lowest BCUT2D eigenvalue weighted by atomic mass is 9.82. The number of allylic oxidation sites excluding steroid dienone is 2. The SMILES string of the molecule is O=C(COc1ccccc1Cl)NNC(=O)C1CC=CCC1C(=O)O. The number of carboxylic acids is 1. The molecule has 0 heterocycles. The highest BCUT2D eigenvalue weighted by Gasteiger charge is 2.34. The number of carboxylic acid groups (broad SMARTS) is 1. The van der Waals surface area contributed by atoms with Crippen LogP contribution in [0.25, 0.3) is 0 Å². The van der Waals surface area contributed by atoms with Crippen LogP contribution < -0.4 is 15.6 Å². The minimum absolute atomic E-state index is 0.289. The van der Waals surface area contributed by atoms with Gasteiger partial charge >= 0.3 is 5.97 Å². The highest BCUT2D eigenvalue weighted by molar-refractivity contribution is 6.32. The minimum Gasteiger partial charge on any atom is -0.482 e. The molecule has 2 unspecified atom stereocenters. The number of rotatable bonds is 5. The molecule has 1 aliphatic rings. The number of carbonyl (C=O) groups is 3. The molecule has 0 saturated heterocycles. The Labute approximate surface area is 143 Å². The molecule has 0 aromatic heterocycles. The number of benzene rings is 1. The molecule has 8 heteroatoms. The maximum absolute atomic E-state index is 12.1. The van der Waals surface area contributed by atoms with Gasteiger partial charge in [-0.15, -0.1) is 0 Å². The molecule has 3 N–H and O–H groups in total. The summed E-state index contributed by atoms with van der Waals surface area (Å²) >= 11 is 5.89. The van der Waals surface area contributed by atoms with E-state index in [2.05, 4.69) is 10.9 Å². The van der Waals surface area contributed by atoms with Crippen LogP contribution in [-0.2, 0) is 14.4 Å². The number of hydrogen-bond acceptors (Lipinski definition) is 4. The van der Waals surface area contributed by atoms with E-state index in [9.17, 15) is 14.4 Å². The number of halogens is 1. The molecular weight excluding hydrogens is 336 g/mol. The fraction of sp³-hybridized carbons (Fsp3) is 0.312. The van der Waals surface area contributed by atoms with E-state index >= 15 is 0 Å². The summed E-state index contributed by atoms with van der Waals surface area (Å²) in [5.41, 5.74) is 4.44. The normalized spacial score (nSPS) is 19.4. The van der Waals surface area contributed by atoms with E-state index in [0.717, 1.165) is 0 Å². The van der Waals surface area contributed by atoms with Gasteiger partial charge in [0.05, 0.1) is 16.9 Å². The van der Waals surface area contributed by atoms with Crippen molar-refractivity contribution < 1.29 is 24.2 Å². The largest absolute Gasteiger partial charge is 0.482 e. The molecular formula is C16H17ClN2O5. The van der Waals surface area contributed by atoms with Gasteiger partial charge in [-0.3, -0.25) is 25.2 Å². The zero-order valence-electron chi connectivity index (χ0n) is 12.7. The lowest BCUT2D eigenvalue weighted by Crippen LogP contribution is -2.48. The second kappa shape index (κ2) is 8.35. The lowest BCUT2D eigenvalue weighted by molar-refractivity contribution is -0.147. The Balaban J connectivity index is 1.80. The van der Waals surface area contributed by atoms with E-state index in [1.165, 1.54) is 0 Å². The number of para-hydroxylation sites is 1.